The normalized spacial score (nSPS) is 19.0. The molecule has 1 fully saturated rings. The molecule has 0 bridgehead atoms. The van der Waals surface area contributed by atoms with Crippen molar-refractivity contribution in [3.05, 3.63) is 34.3 Å². The van der Waals surface area contributed by atoms with Gasteiger partial charge in [-0.1, -0.05) is 28.1 Å². The van der Waals surface area contributed by atoms with Crippen LogP contribution in [-0.2, 0) is 9.53 Å². The van der Waals surface area contributed by atoms with Crippen LogP contribution < -0.4 is 5.32 Å². The third kappa shape index (κ3) is 5.12. The fourth-order valence-electron chi connectivity index (χ4n) is 2.27. The number of morpholine rings is 1. The highest BCUT2D eigenvalue weighted by Gasteiger charge is 2.23. The van der Waals surface area contributed by atoms with Crippen LogP contribution in [0.25, 0.3) is 0 Å². The first-order valence-electron chi connectivity index (χ1n) is 6.92. The second-order valence-corrected chi connectivity index (χ2v) is 5.82. The third-order valence-electron chi connectivity index (χ3n) is 3.30. The standard InChI is InChI=1S/C15H18BrN3O2/c16-13-4-1-3-12(9-13)14-10-19(7-8-21-14)11-15(20)18-6-2-5-17/h1,3-4,9,14H,2,6-8,10-11H2,(H,18,20). The number of nitrogens with zero attached hydrogens (tertiary/aromatic N) is 2. The molecule has 21 heavy (non-hydrogen) atoms. The number of nitriles is 1. The molecule has 0 aromatic heterocycles. The molecule has 0 radical (unpaired) electrons. The summed E-state index contributed by atoms with van der Waals surface area (Å²) in [4.78, 5) is 13.9. The van der Waals surface area contributed by atoms with E-state index in [2.05, 4.69) is 26.1 Å². The molecule has 1 amide bonds. The number of halogens is 1. The van der Waals surface area contributed by atoms with Gasteiger partial charge in [-0.25, -0.2) is 0 Å². The largest absolute Gasteiger partial charge is 0.371 e. The van der Waals surface area contributed by atoms with Crippen LogP contribution in [0, 0.1) is 11.3 Å². The molecule has 1 aliphatic heterocycles. The average molecular weight is 352 g/mol. The van der Waals surface area contributed by atoms with Gasteiger partial charge in [0.05, 0.1) is 31.7 Å². The second-order valence-electron chi connectivity index (χ2n) is 4.91. The summed E-state index contributed by atoms with van der Waals surface area (Å²) in [6.45, 7) is 2.81. The zero-order valence-electron chi connectivity index (χ0n) is 11.7. The number of nitrogens with one attached hydrogen (secondary N) is 1. The number of ether oxygens (including phenoxy) is 1. The van der Waals surface area contributed by atoms with E-state index >= 15 is 0 Å². The maximum Gasteiger partial charge on any atom is 0.234 e. The maximum atomic E-state index is 11.8. The highest BCUT2D eigenvalue weighted by molar-refractivity contribution is 9.10. The van der Waals surface area contributed by atoms with Gasteiger partial charge in [0.1, 0.15) is 0 Å². The number of hydrogen-bond donors (Lipinski definition) is 1. The molecular formula is C15H18BrN3O2. The van der Waals surface area contributed by atoms with Crippen molar-refractivity contribution < 1.29 is 9.53 Å². The van der Waals surface area contributed by atoms with Gasteiger partial charge in [0.15, 0.2) is 0 Å². The lowest BCUT2D eigenvalue weighted by Gasteiger charge is -2.32. The molecule has 1 saturated heterocycles. The molecule has 1 atom stereocenters. The highest BCUT2D eigenvalue weighted by atomic mass is 79.9. The molecule has 112 valence electrons. The molecule has 5 nitrogen and oxygen atoms in total. The van der Waals surface area contributed by atoms with Crippen molar-refractivity contribution in [2.45, 2.75) is 12.5 Å². The van der Waals surface area contributed by atoms with Crippen LogP contribution in [0.1, 0.15) is 18.1 Å². The Morgan fingerprint density at radius 1 is 1.57 bits per heavy atom. The first kappa shape index (κ1) is 16.0. The zero-order chi connectivity index (χ0) is 15.1. The Morgan fingerprint density at radius 3 is 3.19 bits per heavy atom. The van der Waals surface area contributed by atoms with E-state index in [-0.39, 0.29) is 12.0 Å². The SMILES string of the molecule is N#CCCNC(=O)CN1CCOC(c2cccc(Br)c2)C1. The van der Waals surface area contributed by atoms with Crippen molar-refractivity contribution in [2.24, 2.45) is 0 Å². The summed E-state index contributed by atoms with van der Waals surface area (Å²) in [5, 5.41) is 11.2. The fourth-order valence-corrected chi connectivity index (χ4v) is 2.69. The van der Waals surface area contributed by atoms with Gasteiger partial charge in [-0.3, -0.25) is 9.69 Å². The fraction of sp³-hybridized carbons (Fsp3) is 0.467. The molecule has 0 saturated carbocycles. The van der Waals surface area contributed by atoms with Gasteiger partial charge in [-0.05, 0) is 17.7 Å². The van der Waals surface area contributed by atoms with E-state index in [0.29, 0.717) is 32.7 Å². The first-order valence-corrected chi connectivity index (χ1v) is 7.71. The van der Waals surface area contributed by atoms with Crippen LogP contribution in [0.4, 0.5) is 0 Å². The van der Waals surface area contributed by atoms with E-state index in [0.717, 1.165) is 16.6 Å². The van der Waals surface area contributed by atoms with Gasteiger partial charge in [0.2, 0.25) is 5.91 Å². The van der Waals surface area contributed by atoms with E-state index in [1.807, 2.05) is 30.3 Å². The summed E-state index contributed by atoms with van der Waals surface area (Å²) >= 11 is 3.46. The Labute approximate surface area is 133 Å². The van der Waals surface area contributed by atoms with E-state index in [9.17, 15) is 4.79 Å². The minimum absolute atomic E-state index is 0.0110. The minimum Gasteiger partial charge on any atom is -0.371 e. The summed E-state index contributed by atoms with van der Waals surface area (Å²) in [6, 6.07) is 10.0. The molecule has 0 spiro atoms. The number of amides is 1. The molecule has 6 heteroatoms. The van der Waals surface area contributed by atoms with E-state index in [1.54, 1.807) is 0 Å². The molecule has 1 unspecified atom stereocenters. The first-order chi connectivity index (χ1) is 10.2. The molecular weight excluding hydrogens is 334 g/mol. The molecule has 1 aliphatic rings. The quantitative estimate of drug-likeness (QED) is 0.822. The average Bonchev–Trinajstić information content (AvgIpc) is 2.48. The summed E-state index contributed by atoms with van der Waals surface area (Å²) in [5.74, 6) is -0.0415. The van der Waals surface area contributed by atoms with Gasteiger partial charge in [0.25, 0.3) is 0 Å². The summed E-state index contributed by atoms with van der Waals surface area (Å²) in [7, 11) is 0. The van der Waals surface area contributed by atoms with E-state index < -0.39 is 0 Å². The second kappa shape index (κ2) is 8.13. The van der Waals surface area contributed by atoms with Crippen molar-refractivity contribution in [1.29, 1.82) is 5.26 Å². The maximum absolute atomic E-state index is 11.8. The molecule has 1 aromatic carbocycles. The van der Waals surface area contributed by atoms with Crippen molar-refractivity contribution >= 4 is 21.8 Å². The van der Waals surface area contributed by atoms with Crippen LogP contribution in [0.2, 0.25) is 0 Å². The predicted octanol–water partition coefficient (Wildman–Crippen LogP) is 1.85. The Kier molecular flexibility index (Phi) is 6.18. The van der Waals surface area contributed by atoms with Crippen LogP contribution in [0.5, 0.6) is 0 Å². The predicted molar refractivity (Wildman–Crippen MR) is 82.5 cm³/mol. The Balaban J connectivity index is 1.86. The molecule has 1 aromatic rings. The molecule has 2 rings (SSSR count). The van der Waals surface area contributed by atoms with Crippen molar-refractivity contribution in [1.82, 2.24) is 10.2 Å². The lowest BCUT2D eigenvalue weighted by atomic mass is 10.1. The smallest absolute Gasteiger partial charge is 0.234 e. The summed E-state index contributed by atoms with van der Waals surface area (Å²) in [5.41, 5.74) is 1.11. The van der Waals surface area contributed by atoms with E-state index in [1.165, 1.54) is 0 Å². The Hall–Kier alpha value is -1.42. The van der Waals surface area contributed by atoms with Gasteiger partial charge < -0.3 is 10.1 Å². The third-order valence-corrected chi connectivity index (χ3v) is 3.79. The number of carbonyl (C=O) groups excluding carboxylic acids is 1. The van der Waals surface area contributed by atoms with Crippen LogP contribution >= 0.6 is 15.9 Å². The molecule has 1 heterocycles. The summed E-state index contributed by atoms with van der Waals surface area (Å²) in [6.07, 6.45) is 0.332. The van der Waals surface area contributed by atoms with Gasteiger partial charge in [0, 0.05) is 24.1 Å². The monoisotopic (exact) mass is 351 g/mol. The molecule has 1 N–H and O–H groups in total. The molecule has 0 aliphatic carbocycles. The minimum atomic E-state index is -0.0415. The van der Waals surface area contributed by atoms with Crippen molar-refractivity contribution in [2.75, 3.05) is 32.8 Å². The number of hydrogen-bond acceptors (Lipinski definition) is 4. The lowest BCUT2D eigenvalue weighted by molar-refractivity contribution is -0.124. The van der Waals surface area contributed by atoms with Gasteiger partial charge in [-0.2, -0.15) is 5.26 Å². The van der Waals surface area contributed by atoms with Crippen molar-refractivity contribution in [3.8, 4) is 6.07 Å². The van der Waals surface area contributed by atoms with Gasteiger partial charge in [-0.15, -0.1) is 0 Å². The number of benzene rings is 1. The van der Waals surface area contributed by atoms with Crippen LogP contribution in [0.15, 0.2) is 28.7 Å². The van der Waals surface area contributed by atoms with Crippen LogP contribution in [-0.4, -0.2) is 43.6 Å². The lowest BCUT2D eigenvalue weighted by Crippen LogP contribution is -2.44. The van der Waals surface area contributed by atoms with Crippen LogP contribution in [0.3, 0.4) is 0 Å². The number of rotatable bonds is 5. The van der Waals surface area contributed by atoms with Crippen molar-refractivity contribution in [3.63, 3.8) is 0 Å². The van der Waals surface area contributed by atoms with E-state index in [4.69, 9.17) is 10.00 Å². The Morgan fingerprint density at radius 2 is 2.43 bits per heavy atom. The summed E-state index contributed by atoms with van der Waals surface area (Å²) < 4.78 is 6.82. The van der Waals surface area contributed by atoms with Gasteiger partial charge >= 0.3 is 0 Å². The number of carbonyl (C=O) groups is 1. The highest BCUT2D eigenvalue weighted by Crippen LogP contribution is 2.24. The topological polar surface area (TPSA) is 65.4 Å². The Bertz CT molecular complexity index is 530. The zero-order valence-corrected chi connectivity index (χ0v) is 13.3.